The lowest BCUT2D eigenvalue weighted by Gasteiger charge is -2.11. The molecular weight excluding hydrogens is 315 g/mol. The Kier molecular flexibility index (Phi) is 13.9. The summed E-state index contributed by atoms with van der Waals surface area (Å²) in [6, 6.07) is 5.88. The van der Waals surface area contributed by atoms with E-state index in [4.69, 9.17) is 14.6 Å². The molecule has 0 radical (unpaired) electrons. The molecule has 0 aliphatic heterocycles. The van der Waals surface area contributed by atoms with Crippen molar-refractivity contribution in [3.63, 3.8) is 0 Å². The first-order chi connectivity index (χ1) is 9.17. The van der Waals surface area contributed by atoms with Crippen LogP contribution in [0.5, 0.6) is 11.5 Å². The Balaban J connectivity index is 0. The largest absolute Gasteiger partial charge is 0.493 e. The number of halogens is 2. The van der Waals surface area contributed by atoms with E-state index in [0.29, 0.717) is 6.54 Å². The molecule has 0 amide bonds. The standard InChI is InChI=1S/C14H24N2O3.2ClH/c1-11(17)9-15-6-7-16-10-12-4-5-13(18-2)14(8-12)19-3;;/h4-5,8,11,15-17H,6-7,9-10H2,1-3H3;2*1H. The molecule has 0 saturated heterocycles. The molecule has 0 heterocycles. The van der Waals surface area contributed by atoms with Gasteiger partial charge in [-0.2, -0.15) is 0 Å². The Labute approximate surface area is 139 Å². The van der Waals surface area contributed by atoms with Crippen molar-refractivity contribution in [2.24, 2.45) is 0 Å². The maximum atomic E-state index is 9.09. The van der Waals surface area contributed by atoms with E-state index in [1.54, 1.807) is 21.1 Å². The molecule has 124 valence electrons. The van der Waals surface area contributed by atoms with Crippen LogP contribution >= 0.6 is 24.8 Å². The lowest BCUT2D eigenvalue weighted by Crippen LogP contribution is -2.31. The number of hydrogen-bond donors (Lipinski definition) is 3. The third-order valence-electron chi connectivity index (χ3n) is 2.70. The van der Waals surface area contributed by atoms with Crippen LogP contribution in [0.15, 0.2) is 18.2 Å². The monoisotopic (exact) mass is 340 g/mol. The second-order valence-corrected chi connectivity index (χ2v) is 4.42. The van der Waals surface area contributed by atoms with Crippen molar-refractivity contribution in [3.8, 4) is 11.5 Å². The highest BCUT2D eigenvalue weighted by Gasteiger charge is 2.03. The van der Waals surface area contributed by atoms with Gasteiger partial charge in [-0.1, -0.05) is 6.07 Å². The van der Waals surface area contributed by atoms with Crippen molar-refractivity contribution in [3.05, 3.63) is 23.8 Å². The molecule has 1 unspecified atom stereocenters. The fraction of sp³-hybridized carbons (Fsp3) is 0.571. The molecule has 0 aliphatic rings. The van der Waals surface area contributed by atoms with Crippen molar-refractivity contribution in [1.29, 1.82) is 0 Å². The third kappa shape index (κ3) is 9.01. The quantitative estimate of drug-likeness (QED) is 0.596. The highest BCUT2D eigenvalue weighted by Crippen LogP contribution is 2.27. The summed E-state index contributed by atoms with van der Waals surface area (Å²) >= 11 is 0. The SMILES string of the molecule is COc1ccc(CNCCNCC(C)O)cc1OC.Cl.Cl. The fourth-order valence-corrected chi connectivity index (χ4v) is 1.71. The molecule has 0 aromatic heterocycles. The highest BCUT2D eigenvalue weighted by molar-refractivity contribution is 5.85. The predicted molar refractivity (Wildman–Crippen MR) is 90.3 cm³/mol. The number of hydrogen-bond acceptors (Lipinski definition) is 5. The van der Waals surface area contributed by atoms with Gasteiger partial charge in [0.25, 0.3) is 0 Å². The Morgan fingerprint density at radius 1 is 1.05 bits per heavy atom. The fourth-order valence-electron chi connectivity index (χ4n) is 1.71. The lowest BCUT2D eigenvalue weighted by molar-refractivity contribution is 0.191. The van der Waals surface area contributed by atoms with Gasteiger partial charge in [0.05, 0.1) is 20.3 Å². The van der Waals surface area contributed by atoms with Crippen molar-refractivity contribution in [1.82, 2.24) is 10.6 Å². The van der Waals surface area contributed by atoms with E-state index in [0.717, 1.165) is 36.7 Å². The van der Waals surface area contributed by atoms with Gasteiger partial charge in [-0.25, -0.2) is 0 Å². The van der Waals surface area contributed by atoms with Gasteiger partial charge in [-0.3, -0.25) is 0 Å². The lowest BCUT2D eigenvalue weighted by atomic mass is 10.2. The Morgan fingerprint density at radius 3 is 2.24 bits per heavy atom. The van der Waals surface area contributed by atoms with Gasteiger partial charge in [-0.05, 0) is 24.6 Å². The maximum Gasteiger partial charge on any atom is 0.161 e. The van der Waals surface area contributed by atoms with Crippen LogP contribution in [0.4, 0.5) is 0 Å². The second kappa shape index (κ2) is 13.0. The Bertz CT molecular complexity index is 379. The third-order valence-corrected chi connectivity index (χ3v) is 2.70. The predicted octanol–water partition coefficient (Wildman–Crippen LogP) is 1.61. The molecule has 0 fully saturated rings. The topological polar surface area (TPSA) is 62.8 Å². The average Bonchev–Trinajstić information content (AvgIpc) is 2.42. The van der Waals surface area contributed by atoms with Crippen molar-refractivity contribution < 1.29 is 14.6 Å². The average molecular weight is 341 g/mol. The van der Waals surface area contributed by atoms with Crippen LogP contribution in [-0.4, -0.2) is 45.1 Å². The minimum Gasteiger partial charge on any atom is -0.493 e. The molecule has 0 spiro atoms. The molecule has 0 saturated carbocycles. The molecule has 5 nitrogen and oxygen atoms in total. The van der Waals surface area contributed by atoms with E-state index in [9.17, 15) is 0 Å². The summed E-state index contributed by atoms with van der Waals surface area (Å²) in [5.74, 6) is 1.49. The van der Waals surface area contributed by atoms with E-state index in [-0.39, 0.29) is 30.9 Å². The van der Waals surface area contributed by atoms with Crippen LogP contribution in [0.1, 0.15) is 12.5 Å². The summed E-state index contributed by atoms with van der Waals surface area (Å²) in [6.45, 7) is 4.85. The molecule has 7 heteroatoms. The minimum atomic E-state index is -0.300. The summed E-state index contributed by atoms with van der Waals surface area (Å²) in [5, 5.41) is 15.6. The molecule has 3 N–H and O–H groups in total. The van der Waals surface area contributed by atoms with Gasteiger partial charge in [0.15, 0.2) is 11.5 Å². The zero-order chi connectivity index (χ0) is 14.1. The zero-order valence-electron chi connectivity index (χ0n) is 12.7. The Morgan fingerprint density at radius 2 is 1.67 bits per heavy atom. The summed E-state index contributed by atoms with van der Waals surface area (Å²) in [7, 11) is 3.26. The highest BCUT2D eigenvalue weighted by atomic mass is 35.5. The van der Waals surface area contributed by atoms with Crippen LogP contribution in [0, 0.1) is 0 Å². The van der Waals surface area contributed by atoms with E-state index in [2.05, 4.69) is 10.6 Å². The minimum absolute atomic E-state index is 0. The van der Waals surface area contributed by atoms with E-state index in [1.165, 1.54) is 0 Å². The van der Waals surface area contributed by atoms with Gasteiger partial charge in [0.1, 0.15) is 0 Å². The summed E-state index contributed by atoms with van der Waals surface area (Å²) in [5.41, 5.74) is 1.15. The summed E-state index contributed by atoms with van der Waals surface area (Å²) < 4.78 is 10.4. The number of aliphatic hydroxyl groups excluding tert-OH is 1. The zero-order valence-corrected chi connectivity index (χ0v) is 14.4. The number of rotatable bonds is 9. The van der Waals surface area contributed by atoms with Crippen molar-refractivity contribution in [2.75, 3.05) is 33.9 Å². The first-order valence-corrected chi connectivity index (χ1v) is 6.47. The van der Waals surface area contributed by atoms with Gasteiger partial charge < -0.3 is 25.2 Å². The van der Waals surface area contributed by atoms with Gasteiger partial charge in [0.2, 0.25) is 0 Å². The summed E-state index contributed by atoms with van der Waals surface area (Å²) in [6.07, 6.45) is -0.300. The molecule has 1 aromatic rings. The van der Waals surface area contributed by atoms with Gasteiger partial charge >= 0.3 is 0 Å². The number of methoxy groups -OCH3 is 2. The summed E-state index contributed by atoms with van der Waals surface area (Å²) in [4.78, 5) is 0. The first kappa shape index (κ1) is 22.6. The number of aliphatic hydroxyl groups is 1. The number of nitrogens with one attached hydrogen (secondary N) is 2. The van der Waals surface area contributed by atoms with E-state index in [1.807, 2.05) is 18.2 Å². The molecular formula is C14H26Cl2N2O3. The van der Waals surface area contributed by atoms with Crippen LogP contribution in [0.3, 0.4) is 0 Å². The second-order valence-electron chi connectivity index (χ2n) is 4.42. The smallest absolute Gasteiger partial charge is 0.161 e. The van der Waals surface area contributed by atoms with Crippen molar-refractivity contribution >= 4 is 24.8 Å². The van der Waals surface area contributed by atoms with Crippen LogP contribution in [0.2, 0.25) is 0 Å². The van der Waals surface area contributed by atoms with Crippen LogP contribution in [-0.2, 0) is 6.54 Å². The molecule has 1 atom stereocenters. The van der Waals surface area contributed by atoms with Crippen LogP contribution < -0.4 is 20.1 Å². The van der Waals surface area contributed by atoms with E-state index >= 15 is 0 Å². The van der Waals surface area contributed by atoms with E-state index < -0.39 is 0 Å². The molecule has 1 aromatic carbocycles. The molecule has 1 rings (SSSR count). The number of ether oxygens (including phenoxy) is 2. The van der Waals surface area contributed by atoms with Gasteiger partial charge in [-0.15, -0.1) is 24.8 Å². The normalized spacial score (nSPS) is 11.0. The van der Waals surface area contributed by atoms with Crippen molar-refractivity contribution in [2.45, 2.75) is 19.6 Å². The van der Waals surface area contributed by atoms with Gasteiger partial charge in [0, 0.05) is 26.2 Å². The molecule has 0 aliphatic carbocycles. The maximum absolute atomic E-state index is 9.09. The molecule has 0 bridgehead atoms. The van der Waals surface area contributed by atoms with Crippen LogP contribution in [0.25, 0.3) is 0 Å². The first-order valence-electron chi connectivity index (χ1n) is 6.47. The number of benzene rings is 1. The Hall–Kier alpha value is -0.720. The molecule has 21 heavy (non-hydrogen) atoms.